The number of fused-ring (bicyclic) bond motifs is 1. The van der Waals surface area contributed by atoms with Crippen LogP contribution in [0.5, 0.6) is 0 Å². The number of carbonyl (C=O) groups is 2. The van der Waals surface area contributed by atoms with Gasteiger partial charge in [-0.05, 0) is 30.4 Å². The van der Waals surface area contributed by atoms with Crippen LogP contribution in [0.4, 0.5) is 0 Å². The molecule has 0 aliphatic carbocycles. The van der Waals surface area contributed by atoms with Crippen molar-refractivity contribution in [1.29, 1.82) is 0 Å². The molecule has 0 spiro atoms. The van der Waals surface area contributed by atoms with Crippen LogP contribution in [0.1, 0.15) is 12.6 Å². The highest BCUT2D eigenvalue weighted by Crippen LogP contribution is 2.31. The average Bonchev–Trinajstić information content (AvgIpc) is 2.74. The second kappa shape index (κ2) is 5.82. The number of carbonyl (C=O) groups excluding carboxylic acids is 2. The Morgan fingerprint density at radius 2 is 2.09 bits per heavy atom. The van der Waals surface area contributed by atoms with E-state index in [9.17, 15) is 9.59 Å². The molecule has 22 heavy (non-hydrogen) atoms. The summed E-state index contributed by atoms with van der Waals surface area (Å²) in [5.41, 5.74) is 4.48. The molecule has 6 nitrogen and oxygen atoms in total. The molecule has 110 valence electrons. The molecular weight excluding hydrogens is 320 g/mol. The molecule has 1 fully saturated rings. The predicted molar refractivity (Wildman–Crippen MR) is 88.4 cm³/mol. The molecule has 0 atom stereocenters. The first kappa shape index (κ1) is 14.6. The molecule has 1 saturated heterocycles. The average molecular weight is 330 g/mol. The van der Waals surface area contributed by atoms with Gasteiger partial charge in [0.25, 0.3) is 5.91 Å². The minimum Gasteiger partial charge on any atom is -0.274 e. The van der Waals surface area contributed by atoms with Crippen LogP contribution in [0.2, 0.25) is 0 Å². The fourth-order valence-electron chi connectivity index (χ4n) is 1.90. The van der Waals surface area contributed by atoms with E-state index in [0.717, 1.165) is 27.8 Å². The van der Waals surface area contributed by atoms with Crippen molar-refractivity contribution >= 4 is 57.2 Å². The summed E-state index contributed by atoms with van der Waals surface area (Å²) in [6.45, 7) is 1.32. The Kier molecular flexibility index (Phi) is 3.86. The summed E-state index contributed by atoms with van der Waals surface area (Å²) in [5.74, 6) is -0.733. The zero-order valence-electron chi connectivity index (χ0n) is 11.4. The molecule has 1 N–H and O–H groups in total. The highest BCUT2D eigenvalue weighted by Gasteiger charge is 2.33. The lowest BCUT2D eigenvalue weighted by Gasteiger charge is -2.13. The van der Waals surface area contributed by atoms with Gasteiger partial charge in [-0.15, -0.1) is 0 Å². The van der Waals surface area contributed by atoms with Crippen molar-refractivity contribution in [2.24, 2.45) is 0 Å². The van der Waals surface area contributed by atoms with E-state index in [-0.39, 0.29) is 16.1 Å². The Balaban J connectivity index is 1.92. The van der Waals surface area contributed by atoms with Gasteiger partial charge in [0, 0.05) is 6.92 Å². The molecule has 1 aromatic carbocycles. The van der Waals surface area contributed by atoms with Gasteiger partial charge in [0.05, 0.1) is 27.8 Å². The van der Waals surface area contributed by atoms with E-state index < -0.39 is 0 Å². The number of benzene rings is 1. The van der Waals surface area contributed by atoms with Crippen molar-refractivity contribution in [3.05, 3.63) is 41.1 Å². The molecule has 3 rings (SSSR count). The molecule has 0 bridgehead atoms. The topological polar surface area (TPSA) is 75.2 Å². The Bertz CT molecular complexity index is 834. The zero-order valence-corrected chi connectivity index (χ0v) is 13.1. The third kappa shape index (κ3) is 2.83. The molecule has 0 radical (unpaired) electrons. The van der Waals surface area contributed by atoms with E-state index in [4.69, 9.17) is 12.2 Å². The van der Waals surface area contributed by atoms with Gasteiger partial charge in [-0.1, -0.05) is 23.9 Å². The van der Waals surface area contributed by atoms with Crippen LogP contribution in [0.25, 0.3) is 17.1 Å². The van der Waals surface area contributed by atoms with Crippen molar-refractivity contribution in [2.45, 2.75) is 6.92 Å². The normalized spacial score (nSPS) is 16.6. The number of amides is 2. The maximum absolute atomic E-state index is 12.2. The summed E-state index contributed by atoms with van der Waals surface area (Å²) in [5, 5.41) is 1.06. The smallest absolute Gasteiger partial charge is 0.274 e. The van der Waals surface area contributed by atoms with E-state index in [1.165, 1.54) is 6.92 Å². The summed E-state index contributed by atoms with van der Waals surface area (Å²) in [6.07, 6.45) is 3.20. The molecule has 1 aromatic heterocycles. The Morgan fingerprint density at radius 3 is 2.82 bits per heavy atom. The first-order valence-electron chi connectivity index (χ1n) is 6.31. The summed E-state index contributed by atoms with van der Waals surface area (Å²) in [7, 11) is 0. The van der Waals surface area contributed by atoms with Gasteiger partial charge in [0.15, 0.2) is 4.32 Å². The van der Waals surface area contributed by atoms with E-state index in [1.54, 1.807) is 12.3 Å². The quantitative estimate of drug-likeness (QED) is 0.669. The number of hydrogen-bond acceptors (Lipinski definition) is 6. The van der Waals surface area contributed by atoms with Gasteiger partial charge in [-0.2, -0.15) is 5.01 Å². The van der Waals surface area contributed by atoms with Gasteiger partial charge >= 0.3 is 0 Å². The van der Waals surface area contributed by atoms with Crippen LogP contribution in [0.3, 0.4) is 0 Å². The monoisotopic (exact) mass is 330 g/mol. The number of thioether (sulfide) groups is 1. The highest BCUT2D eigenvalue weighted by molar-refractivity contribution is 8.26. The Hall–Kier alpha value is -2.32. The van der Waals surface area contributed by atoms with Crippen molar-refractivity contribution in [3.63, 3.8) is 0 Å². The van der Waals surface area contributed by atoms with Gasteiger partial charge in [0.2, 0.25) is 5.91 Å². The van der Waals surface area contributed by atoms with Crippen molar-refractivity contribution in [3.8, 4) is 0 Å². The van der Waals surface area contributed by atoms with Gasteiger partial charge in [0.1, 0.15) is 0 Å². The number of aromatic nitrogens is 2. The van der Waals surface area contributed by atoms with Gasteiger partial charge in [-0.25, -0.2) is 4.98 Å². The fraction of sp³-hybridized carbons (Fsp3) is 0.0714. The second-order valence-corrected chi connectivity index (χ2v) is 6.14. The van der Waals surface area contributed by atoms with Crippen LogP contribution in [0, 0.1) is 0 Å². The molecule has 2 heterocycles. The van der Waals surface area contributed by atoms with Crippen LogP contribution >= 0.6 is 24.0 Å². The molecule has 1 aliphatic rings. The number of nitrogens with one attached hydrogen (secondary N) is 1. The maximum atomic E-state index is 12.2. The third-order valence-electron chi connectivity index (χ3n) is 2.81. The van der Waals surface area contributed by atoms with Gasteiger partial charge in [-0.3, -0.25) is 20.0 Å². The Morgan fingerprint density at radius 1 is 1.36 bits per heavy atom. The van der Waals surface area contributed by atoms with Crippen LogP contribution in [-0.2, 0) is 9.59 Å². The summed E-state index contributed by atoms with van der Waals surface area (Å²) in [4.78, 5) is 32.4. The number of nitrogens with zero attached hydrogens (tertiary/aromatic N) is 3. The lowest BCUT2D eigenvalue weighted by Crippen LogP contribution is -2.43. The molecular formula is C14H10N4O2S2. The molecule has 1 aliphatic heterocycles. The van der Waals surface area contributed by atoms with Gasteiger partial charge < -0.3 is 0 Å². The van der Waals surface area contributed by atoms with Crippen molar-refractivity contribution < 1.29 is 9.59 Å². The lowest BCUT2D eigenvalue weighted by atomic mass is 10.3. The van der Waals surface area contributed by atoms with E-state index in [2.05, 4.69) is 15.4 Å². The molecule has 2 aromatic rings. The Labute approximate surface area is 135 Å². The van der Waals surface area contributed by atoms with Crippen LogP contribution in [0.15, 0.2) is 35.4 Å². The van der Waals surface area contributed by atoms with E-state index >= 15 is 0 Å². The number of rotatable bonds is 2. The fourth-order valence-corrected chi connectivity index (χ4v) is 3.06. The standard InChI is InChI=1S/C14H10N4O2S2/c1-8(19)17-18-13(20)12(22-14(18)21)6-9-7-15-10-4-2-3-5-11(10)16-9/h2-7H,1H3,(H,17,19)/b12-6+. The second-order valence-electron chi connectivity index (χ2n) is 4.47. The number of hydrazine groups is 1. The maximum Gasteiger partial charge on any atom is 0.285 e. The number of hydrogen-bond donors (Lipinski definition) is 1. The summed E-state index contributed by atoms with van der Waals surface area (Å²) >= 11 is 6.19. The molecule has 8 heteroatoms. The van der Waals surface area contributed by atoms with E-state index in [0.29, 0.717) is 10.6 Å². The zero-order chi connectivity index (χ0) is 15.7. The number of thiocarbonyl (C=S) groups is 1. The van der Waals surface area contributed by atoms with E-state index in [1.807, 2.05) is 24.3 Å². The largest absolute Gasteiger partial charge is 0.285 e. The molecule has 0 unspecified atom stereocenters. The summed E-state index contributed by atoms with van der Waals surface area (Å²) in [6, 6.07) is 7.47. The highest BCUT2D eigenvalue weighted by atomic mass is 32.2. The summed E-state index contributed by atoms with van der Waals surface area (Å²) < 4.78 is 0.278. The molecule has 2 amide bonds. The van der Waals surface area contributed by atoms with Crippen molar-refractivity contribution in [1.82, 2.24) is 20.4 Å². The SMILES string of the molecule is CC(=O)NN1C(=O)/C(=C\c2cnc3ccccc3n2)SC1=S. The third-order valence-corrected chi connectivity index (χ3v) is 4.11. The minimum atomic E-state index is -0.375. The predicted octanol–water partition coefficient (Wildman–Crippen LogP) is 1.88. The minimum absolute atomic E-state index is 0.278. The van der Waals surface area contributed by atoms with Crippen LogP contribution in [-0.4, -0.2) is 31.1 Å². The molecule has 0 saturated carbocycles. The first-order chi connectivity index (χ1) is 10.5. The lowest BCUT2D eigenvalue weighted by molar-refractivity contribution is -0.131. The number of para-hydroxylation sites is 2. The first-order valence-corrected chi connectivity index (χ1v) is 7.54. The van der Waals surface area contributed by atoms with Crippen molar-refractivity contribution in [2.75, 3.05) is 0 Å². The van der Waals surface area contributed by atoms with Crippen LogP contribution < -0.4 is 5.43 Å².